The van der Waals surface area contributed by atoms with Crippen molar-refractivity contribution < 1.29 is 9.00 Å². The molecule has 0 radical (unpaired) electrons. The molecule has 0 bridgehead atoms. The lowest BCUT2D eigenvalue weighted by atomic mass is 10.2. The molecular weight excluding hydrogens is 248 g/mol. The fraction of sp³-hybridized carbons (Fsp3) is 0.400. The van der Waals surface area contributed by atoms with Crippen LogP contribution >= 0.6 is 11.6 Å². The van der Waals surface area contributed by atoms with Gasteiger partial charge in [0.2, 0.25) is 0 Å². The van der Waals surface area contributed by atoms with Gasteiger partial charge in [-0.25, -0.2) is 4.98 Å². The minimum Gasteiger partial charge on any atom is -0.351 e. The van der Waals surface area contributed by atoms with Crippen molar-refractivity contribution in [2.75, 3.05) is 18.6 Å². The van der Waals surface area contributed by atoms with E-state index in [9.17, 15) is 9.00 Å². The summed E-state index contributed by atoms with van der Waals surface area (Å²) in [6.07, 6.45) is 1.60. The zero-order chi connectivity index (χ0) is 12.1. The number of aromatic nitrogens is 1. The van der Waals surface area contributed by atoms with Crippen LogP contribution in [0.4, 0.5) is 0 Å². The maximum atomic E-state index is 11.6. The fourth-order valence-corrected chi connectivity index (χ4v) is 1.81. The van der Waals surface area contributed by atoms with E-state index in [1.807, 2.05) is 0 Å². The maximum Gasteiger partial charge on any atom is 0.251 e. The lowest BCUT2D eigenvalue weighted by molar-refractivity contribution is 0.0956. The summed E-state index contributed by atoms with van der Waals surface area (Å²) < 4.78 is 10.8. The first-order valence-electron chi connectivity index (χ1n) is 4.71. The van der Waals surface area contributed by atoms with Gasteiger partial charge in [-0.15, -0.1) is 0 Å². The van der Waals surface area contributed by atoms with Gasteiger partial charge in [0.05, 0.1) is 0 Å². The second kappa shape index (κ2) is 5.96. The molecule has 0 aliphatic heterocycles. The van der Waals surface area contributed by atoms with Crippen LogP contribution in [0.3, 0.4) is 0 Å². The van der Waals surface area contributed by atoms with Crippen molar-refractivity contribution in [1.29, 1.82) is 0 Å². The SMILES string of the molecule is Cc1cc(C(=O)NCCS(C)=O)cc(Cl)n1. The summed E-state index contributed by atoms with van der Waals surface area (Å²) in [6.45, 7) is 2.16. The first-order chi connectivity index (χ1) is 7.49. The van der Waals surface area contributed by atoms with Gasteiger partial charge < -0.3 is 5.32 Å². The highest BCUT2D eigenvalue weighted by Gasteiger charge is 2.07. The molecule has 1 rings (SSSR count). The second-order valence-electron chi connectivity index (χ2n) is 3.35. The maximum absolute atomic E-state index is 11.6. The molecule has 0 aliphatic rings. The van der Waals surface area contributed by atoms with Gasteiger partial charge in [0.15, 0.2) is 0 Å². The molecule has 1 aromatic rings. The van der Waals surface area contributed by atoms with Crippen LogP contribution in [0.25, 0.3) is 0 Å². The molecule has 0 aliphatic carbocycles. The van der Waals surface area contributed by atoms with Crippen molar-refractivity contribution in [3.05, 3.63) is 28.5 Å². The summed E-state index contributed by atoms with van der Waals surface area (Å²) in [4.78, 5) is 15.6. The number of carbonyl (C=O) groups excluding carboxylic acids is 1. The standard InChI is InChI=1S/C10H13ClN2O2S/c1-7-5-8(6-9(11)13-7)10(14)12-3-4-16(2)15/h5-6H,3-4H2,1-2H3,(H,12,14). The zero-order valence-corrected chi connectivity index (χ0v) is 10.7. The number of rotatable bonds is 4. The van der Waals surface area contributed by atoms with E-state index in [4.69, 9.17) is 11.6 Å². The van der Waals surface area contributed by atoms with Gasteiger partial charge in [0, 0.05) is 40.6 Å². The van der Waals surface area contributed by atoms with Crippen LogP contribution in [0.1, 0.15) is 16.1 Å². The number of amides is 1. The number of hydrogen-bond donors (Lipinski definition) is 1. The van der Waals surface area contributed by atoms with Crippen molar-refractivity contribution in [1.82, 2.24) is 10.3 Å². The topological polar surface area (TPSA) is 59.1 Å². The van der Waals surface area contributed by atoms with Gasteiger partial charge in [0.25, 0.3) is 5.91 Å². The summed E-state index contributed by atoms with van der Waals surface area (Å²) in [5.74, 6) is 0.224. The molecule has 1 heterocycles. The molecule has 0 saturated carbocycles. The molecule has 1 atom stereocenters. The Hall–Kier alpha value is -0.940. The number of carbonyl (C=O) groups is 1. The van der Waals surface area contributed by atoms with Crippen LogP contribution in [0.15, 0.2) is 12.1 Å². The van der Waals surface area contributed by atoms with Gasteiger partial charge in [-0.05, 0) is 19.1 Å². The second-order valence-corrected chi connectivity index (χ2v) is 5.30. The Morgan fingerprint density at radius 3 is 2.81 bits per heavy atom. The number of hydrogen-bond acceptors (Lipinski definition) is 3. The van der Waals surface area contributed by atoms with E-state index in [-0.39, 0.29) is 5.91 Å². The third kappa shape index (κ3) is 4.28. The summed E-state index contributed by atoms with van der Waals surface area (Å²) in [6, 6.07) is 3.16. The molecule has 4 nitrogen and oxygen atoms in total. The van der Waals surface area contributed by atoms with E-state index in [1.54, 1.807) is 19.2 Å². The minimum absolute atomic E-state index is 0.224. The average Bonchev–Trinajstić information content (AvgIpc) is 2.15. The molecule has 1 aromatic heterocycles. The summed E-state index contributed by atoms with van der Waals surface area (Å²) >= 11 is 5.74. The third-order valence-electron chi connectivity index (χ3n) is 1.86. The van der Waals surface area contributed by atoms with Gasteiger partial charge in [-0.2, -0.15) is 0 Å². The number of halogens is 1. The summed E-state index contributed by atoms with van der Waals surface area (Å²) in [5.41, 5.74) is 1.16. The third-order valence-corrected chi connectivity index (χ3v) is 2.83. The van der Waals surface area contributed by atoms with E-state index >= 15 is 0 Å². The van der Waals surface area contributed by atoms with E-state index in [0.717, 1.165) is 0 Å². The number of nitrogens with zero attached hydrogens (tertiary/aromatic N) is 1. The van der Waals surface area contributed by atoms with Crippen molar-refractivity contribution in [2.24, 2.45) is 0 Å². The minimum atomic E-state index is -0.900. The lowest BCUT2D eigenvalue weighted by Gasteiger charge is -2.05. The van der Waals surface area contributed by atoms with E-state index in [0.29, 0.717) is 28.7 Å². The van der Waals surface area contributed by atoms with E-state index in [2.05, 4.69) is 10.3 Å². The van der Waals surface area contributed by atoms with Crippen molar-refractivity contribution in [3.63, 3.8) is 0 Å². The molecule has 1 amide bonds. The Labute approximate surface area is 102 Å². The van der Waals surface area contributed by atoms with Crippen LogP contribution in [0.2, 0.25) is 5.15 Å². The van der Waals surface area contributed by atoms with Crippen LogP contribution in [0, 0.1) is 6.92 Å². The molecule has 0 saturated heterocycles. The Morgan fingerprint density at radius 2 is 2.25 bits per heavy atom. The first kappa shape index (κ1) is 13.1. The fourth-order valence-electron chi connectivity index (χ4n) is 1.17. The molecule has 88 valence electrons. The molecule has 0 fully saturated rings. The lowest BCUT2D eigenvalue weighted by Crippen LogP contribution is -2.27. The van der Waals surface area contributed by atoms with Gasteiger partial charge >= 0.3 is 0 Å². The van der Waals surface area contributed by atoms with Crippen molar-refractivity contribution in [3.8, 4) is 0 Å². The number of pyridine rings is 1. The van der Waals surface area contributed by atoms with Crippen LogP contribution in [-0.2, 0) is 10.8 Å². The molecular formula is C10H13ClN2O2S. The summed E-state index contributed by atoms with van der Waals surface area (Å²) in [5, 5.41) is 2.96. The van der Waals surface area contributed by atoms with Gasteiger partial charge in [-0.3, -0.25) is 9.00 Å². The molecule has 16 heavy (non-hydrogen) atoms. The predicted octanol–water partition coefficient (Wildman–Crippen LogP) is 1.15. The van der Waals surface area contributed by atoms with E-state index in [1.165, 1.54) is 6.07 Å². The Bertz CT molecular complexity index is 403. The normalized spacial score (nSPS) is 12.2. The first-order valence-corrected chi connectivity index (χ1v) is 6.82. The molecule has 1 unspecified atom stereocenters. The summed E-state index contributed by atoms with van der Waals surface area (Å²) in [7, 11) is -0.900. The molecule has 0 aromatic carbocycles. The van der Waals surface area contributed by atoms with Gasteiger partial charge in [-0.1, -0.05) is 11.6 Å². The Balaban J connectivity index is 2.62. The molecule has 0 spiro atoms. The van der Waals surface area contributed by atoms with Crippen LogP contribution < -0.4 is 5.32 Å². The molecule has 6 heteroatoms. The van der Waals surface area contributed by atoms with Crippen LogP contribution in [-0.4, -0.2) is 33.7 Å². The quantitative estimate of drug-likeness (QED) is 0.827. The van der Waals surface area contributed by atoms with Crippen molar-refractivity contribution >= 4 is 28.3 Å². The Kier molecular flexibility index (Phi) is 4.89. The smallest absolute Gasteiger partial charge is 0.251 e. The predicted molar refractivity (Wildman–Crippen MR) is 65.3 cm³/mol. The highest BCUT2D eigenvalue weighted by molar-refractivity contribution is 7.84. The van der Waals surface area contributed by atoms with Crippen molar-refractivity contribution in [2.45, 2.75) is 6.92 Å². The zero-order valence-electron chi connectivity index (χ0n) is 9.12. The van der Waals surface area contributed by atoms with Gasteiger partial charge in [0.1, 0.15) is 5.15 Å². The molecule has 1 N–H and O–H groups in total. The monoisotopic (exact) mass is 260 g/mol. The number of nitrogens with one attached hydrogen (secondary N) is 1. The largest absolute Gasteiger partial charge is 0.351 e. The highest BCUT2D eigenvalue weighted by atomic mass is 35.5. The average molecular weight is 261 g/mol. The Morgan fingerprint density at radius 1 is 1.56 bits per heavy atom. The number of aryl methyl sites for hydroxylation is 1. The van der Waals surface area contributed by atoms with E-state index < -0.39 is 10.8 Å². The van der Waals surface area contributed by atoms with Crippen LogP contribution in [0.5, 0.6) is 0 Å². The highest BCUT2D eigenvalue weighted by Crippen LogP contribution is 2.09.